The Balaban J connectivity index is -0.00000000750. The summed E-state index contributed by atoms with van der Waals surface area (Å²) in [5.41, 5.74) is 0. The van der Waals surface area contributed by atoms with Crippen molar-refractivity contribution in [2.75, 3.05) is 0 Å². The molecule has 0 fully saturated rings. The van der Waals surface area contributed by atoms with Crippen LogP contribution in [0.3, 0.4) is 0 Å². The van der Waals surface area contributed by atoms with Gasteiger partial charge >= 0.3 is 47.8 Å². The normalized spacial score (nSPS) is 4.50. The van der Waals surface area contributed by atoms with Crippen LogP contribution in [0.2, 0.25) is 0 Å². The van der Waals surface area contributed by atoms with Gasteiger partial charge in [0.2, 0.25) is 0 Å². The first-order valence-electron chi connectivity index (χ1n) is 0.507. The SMILES string of the molecule is [Al+3].[Cl-].[Cl-].[Cl-].[F][Sb]([F])[F]. The molecule has 0 amide bonds. The molecule has 8 heavy (non-hydrogen) atoms. The van der Waals surface area contributed by atoms with Gasteiger partial charge in [0, 0.05) is 0 Å². The maximum atomic E-state index is 9.85. The quantitative estimate of drug-likeness (QED) is 0.390. The molecule has 50 valence electrons. The van der Waals surface area contributed by atoms with Crippen LogP contribution in [0.15, 0.2) is 0 Å². The van der Waals surface area contributed by atoms with Crippen LogP contribution in [0.25, 0.3) is 0 Å². The molecule has 0 aliphatic carbocycles. The van der Waals surface area contributed by atoms with Gasteiger partial charge in [-0.25, -0.2) is 0 Å². The third kappa shape index (κ3) is 97.4. The summed E-state index contributed by atoms with van der Waals surface area (Å²) in [6.45, 7) is 0. The van der Waals surface area contributed by atoms with E-state index in [1.54, 1.807) is 0 Å². The van der Waals surface area contributed by atoms with Crippen LogP contribution >= 0.6 is 0 Å². The Labute approximate surface area is 84.3 Å². The molecule has 0 aromatic heterocycles. The van der Waals surface area contributed by atoms with Crippen molar-refractivity contribution in [2.24, 2.45) is 0 Å². The molecule has 0 radical (unpaired) electrons. The van der Waals surface area contributed by atoms with Crippen LogP contribution in [-0.2, 0) is 0 Å². The molecule has 0 aromatic carbocycles. The Morgan fingerprint density at radius 1 is 0.750 bits per heavy atom. The Bertz CT molecular complexity index is 19.2. The van der Waals surface area contributed by atoms with Crippen molar-refractivity contribution in [3.8, 4) is 0 Å². The van der Waals surface area contributed by atoms with Crippen molar-refractivity contribution < 1.29 is 45.7 Å². The van der Waals surface area contributed by atoms with Gasteiger partial charge in [0.1, 0.15) is 0 Å². The van der Waals surface area contributed by atoms with E-state index in [1.807, 2.05) is 0 Å². The molecule has 0 aliphatic rings. The van der Waals surface area contributed by atoms with Gasteiger partial charge in [-0.05, 0) is 0 Å². The van der Waals surface area contributed by atoms with Crippen molar-refractivity contribution in [3.63, 3.8) is 0 Å². The predicted octanol–water partition coefficient (Wildman–Crippen LogP) is -8.49. The Kier molecular flexibility index (Phi) is 93.2. The van der Waals surface area contributed by atoms with Gasteiger partial charge in [0.15, 0.2) is 0 Å². The number of rotatable bonds is 0. The van der Waals surface area contributed by atoms with Crippen LogP contribution in [0, 0.1) is 0 Å². The fraction of sp³-hybridized carbons (Fsp3) is 0. The third-order valence-corrected chi connectivity index (χ3v) is 0. The summed E-state index contributed by atoms with van der Waals surface area (Å²) in [4.78, 5) is 0. The second kappa shape index (κ2) is 23.0. The molecule has 8 heteroatoms. The summed E-state index contributed by atoms with van der Waals surface area (Å²) < 4.78 is 29.6. The standard InChI is InChI=1S/Al.3ClH.3FH.Sb/h;6*1H;/q+3;;;;;;;+3/p-6. The third-order valence-electron chi connectivity index (χ3n) is 0. The summed E-state index contributed by atoms with van der Waals surface area (Å²) in [6.07, 6.45) is 0. The molecule has 0 aliphatic heterocycles. The molecule has 0 nitrogen and oxygen atoms in total. The van der Waals surface area contributed by atoms with Crippen molar-refractivity contribution >= 4 is 39.3 Å². The topological polar surface area (TPSA) is 0 Å². The fourth-order valence-electron chi connectivity index (χ4n) is 0. The summed E-state index contributed by atoms with van der Waals surface area (Å²) in [5.74, 6) is 0. The summed E-state index contributed by atoms with van der Waals surface area (Å²) in [6, 6.07) is 0. The van der Waals surface area contributed by atoms with E-state index in [2.05, 4.69) is 0 Å². The molecule has 0 rings (SSSR count). The van der Waals surface area contributed by atoms with Gasteiger partial charge in [-0.3, -0.25) is 0 Å². The second-order valence-electron chi connectivity index (χ2n) is 0.192. The average Bonchev–Trinajstić information content (AvgIpc) is 0.811. The van der Waals surface area contributed by atoms with Crippen LogP contribution in [0.1, 0.15) is 0 Å². The van der Waals surface area contributed by atoms with Crippen molar-refractivity contribution in [1.82, 2.24) is 0 Å². The first-order valence-corrected chi connectivity index (χ1v) is 3.40. The summed E-state index contributed by atoms with van der Waals surface area (Å²) >= 11 is -4.95. The average molecular weight is 312 g/mol. The first-order chi connectivity index (χ1) is 1.73. The molecule has 0 heterocycles. The summed E-state index contributed by atoms with van der Waals surface area (Å²) in [7, 11) is 0. The molecular weight excluding hydrogens is 312 g/mol. The maximum absolute atomic E-state index is 9.85. The zero-order valence-electron chi connectivity index (χ0n) is 3.29. The molecule has 0 atom stereocenters. The van der Waals surface area contributed by atoms with E-state index < -0.39 is 22.0 Å². The van der Waals surface area contributed by atoms with E-state index >= 15 is 0 Å². The van der Waals surface area contributed by atoms with Gasteiger partial charge in [-0.2, -0.15) is 0 Å². The predicted molar refractivity (Wildman–Crippen MR) is 14.8 cm³/mol. The zero-order chi connectivity index (χ0) is 3.58. The van der Waals surface area contributed by atoms with Gasteiger partial charge in [-0.1, -0.05) is 0 Å². The van der Waals surface area contributed by atoms with Crippen LogP contribution < -0.4 is 37.2 Å². The van der Waals surface area contributed by atoms with E-state index in [0.29, 0.717) is 0 Å². The van der Waals surface area contributed by atoms with Crippen LogP contribution in [-0.4, -0.2) is 39.3 Å². The van der Waals surface area contributed by atoms with Crippen molar-refractivity contribution in [3.05, 3.63) is 0 Å². The Morgan fingerprint density at radius 3 is 0.750 bits per heavy atom. The summed E-state index contributed by atoms with van der Waals surface area (Å²) in [5, 5.41) is 0. The van der Waals surface area contributed by atoms with E-state index in [4.69, 9.17) is 0 Å². The van der Waals surface area contributed by atoms with Gasteiger partial charge in [0.05, 0.1) is 0 Å². The van der Waals surface area contributed by atoms with Gasteiger partial charge < -0.3 is 37.2 Å². The molecule has 0 saturated heterocycles. The number of halogens is 6. The van der Waals surface area contributed by atoms with E-state index in [0.717, 1.165) is 0 Å². The molecular formula is AlCl3F3Sb. The zero-order valence-corrected chi connectivity index (χ0v) is 9.27. The monoisotopic (exact) mass is 310 g/mol. The van der Waals surface area contributed by atoms with Crippen LogP contribution in [0.5, 0.6) is 0 Å². The number of hydrogen-bond acceptors (Lipinski definition) is 0. The second-order valence-corrected chi connectivity index (χ2v) is 1.29. The van der Waals surface area contributed by atoms with E-state index in [9.17, 15) is 8.44 Å². The fourth-order valence-corrected chi connectivity index (χ4v) is 0. The molecule has 0 bridgehead atoms. The first kappa shape index (κ1) is 32.4. The molecule has 0 saturated carbocycles. The van der Waals surface area contributed by atoms with Crippen molar-refractivity contribution in [1.29, 1.82) is 0 Å². The minimum absolute atomic E-state index is 0. The van der Waals surface area contributed by atoms with Gasteiger partial charge in [0.25, 0.3) is 0 Å². The molecule has 0 N–H and O–H groups in total. The Morgan fingerprint density at radius 2 is 0.750 bits per heavy atom. The van der Waals surface area contributed by atoms with E-state index in [-0.39, 0.29) is 54.6 Å². The molecule has 0 spiro atoms. The minimum atomic E-state index is -4.95. The number of hydrogen-bond donors (Lipinski definition) is 0. The molecule has 0 aromatic rings. The van der Waals surface area contributed by atoms with Gasteiger partial charge in [-0.15, -0.1) is 0 Å². The van der Waals surface area contributed by atoms with E-state index in [1.165, 1.54) is 0 Å². The Hall–Kier alpha value is 2.01. The molecule has 0 unspecified atom stereocenters. The van der Waals surface area contributed by atoms with Crippen LogP contribution in [0.4, 0.5) is 8.44 Å². The van der Waals surface area contributed by atoms with Crippen molar-refractivity contribution in [2.45, 2.75) is 0 Å².